The topological polar surface area (TPSA) is 112 Å². The lowest BCUT2D eigenvalue weighted by molar-refractivity contribution is -0.165. The lowest BCUT2D eigenvalue weighted by Gasteiger charge is -2.20. The van der Waals surface area contributed by atoms with Crippen LogP contribution in [0.2, 0.25) is 0 Å². The molecule has 0 aromatic heterocycles. The third-order valence-corrected chi connectivity index (χ3v) is 6.11. The number of hydrogen-bond acceptors (Lipinski definition) is 8. The number of benzene rings is 1. The Morgan fingerprint density at radius 2 is 1.53 bits per heavy atom. The van der Waals surface area contributed by atoms with Crippen LogP contribution in [0.5, 0.6) is 0 Å². The molecule has 0 bridgehead atoms. The molecule has 214 valence electrons. The minimum absolute atomic E-state index is 0.0584. The predicted molar refractivity (Wildman–Crippen MR) is 124 cm³/mol. The number of carbonyl (C=O) groups excluding carboxylic acids is 2. The highest BCUT2D eigenvalue weighted by Gasteiger charge is 2.38. The first-order chi connectivity index (χ1) is 17.5. The molecule has 0 fully saturated rings. The van der Waals surface area contributed by atoms with Crippen LogP contribution >= 0.6 is 7.60 Å². The minimum Gasteiger partial charge on any atom is -0.465 e. The van der Waals surface area contributed by atoms with Crippen molar-refractivity contribution in [2.75, 3.05) is 32.6 Å². The third-order valence-electron chi connectivity index (χ3n) is 4.34. The first-order valence-electron chi connectivity index (χ1n) is 11.0. The number of halogens is 6. The number of nitrogens with zero attached hydrogens (tertiary/aromatic N) is 1. The Kier molecular flexibility index (Phi) is 14.9. The second kappa shape index (κ2) is 16.2. The zero-order chi connectivity index (χ0) is 29.6. The van der Waals surface area contributed by atoms with E-state index >= 15 is 0 Å². The van der Waals surface area contributed by atoms with Crippen molar-refractivity contribution in [2.24, 2.45) is 0 Å². The standard InChI is InChI=1S/C14H15NO2.C9H13F6O5P/c1-4-17-14(16)11(3)10(2)13-7-5-6-12(8-13)9-15;1-2-7(16)18-3-4-21(17,19-5-8(10,11)12)20-6-9(13,14)15/h5-8H,4H2,1-3H3;2-6H2,1H3/b11-10-;. The molecular weight excluding hydrogens is 547 g/mol. The van der Waals surface area contributed by atoms with Crippen molar-refractivity contribution in [3.8, 4) is 6.07 Å². The van der Waals surface area contributed by atoms with E-state index in [2.05, 4.69) is 19.9 Å². The maximum atomic E-state index is 12.0. The highest BCUT2D eigenvalue weighted by atomic mass is 31.2. The lowest BCUT2D eigenvalue weighted by Crippen LogP contribution is -2.21. The third kappa shape index (κ3) is 15.4. The molecule has 0 saturated carbocycles. The summed E-state index contributed by atoms with van der Waals surface area (Å²) in [6.45, 7) is 2.38. The number of nitriles is 1. The maximum absolute atomic E-state index is 12.0. The number of hydrogen-bond donors (Lipinski definition) is 0. The number of carbonyl (C=O) groups is 2. The van der Waals surface area contributed by atoms with Gasteiger partial charge >= 0.3 is 31.9 Å². The van der Waals surface area contributed by atoms with Gasteiger partial charge in [-0.2, -0.15) is 31.6 Å². The lowest BCUT2D eigenvalue weighted by atomic mass is 10.0. The van der Waals surface area contributed by atoms with Crippen LogP contribution in [0.3, 0.4) is 0 Å². The molecule has 8 nitrogen and oxygen atoms in total. The molecule has 0 aliphatic rings. The van der Waals surface area contributed by atoms with Crippen LogP contribution < -0.4 is 0 Å². The average molecular weight is 575 g/mol. The van der Waals surface area contributed by atoms with Gasteiger partial charge in [0.05, 0.1) is 24.4 Å². The summed E-state index contributed by atoms with van der Waals surface area (Å²) < 4.78 is 101. The fourth-order valence-electron chi connectivity index (χ4n) is 2.31. The number of allylic oxidation sites excluding steroid dienone is 1. The van der Waals surface area contributed by atoms with Gasteiger partial charge in [-0.05, 0) is 44.0 Å². The van der Waals surface area contributed by atoms with E-state index in [1.807, 2.05) is 13.0 Å². The number of esters is 2. The van der Waals surface area contributed by atoms with E-state index in [1.54, 1.807) is 32.0 Å². The SMILES string of the molecule is CCC(=O)OCCP(=O)(OCC(F)(F)F)OCC(F)(F)F.CCOC(=O)/C(C)=C(/C)c1cccc(C#N)c1. The van der Waals surface area contributed by atoms with Gasteiger partial charge < -0.3 is 9.47 Å². The highest BCUT2D eigenvalue weighted by Crippen LogP contribution is 2.50. The van der Waals surface area contributed by atoms with Crippen molar-refractivity contribution < 1.29 is 59.0 Å². The molecule has 1 aromatic carbocycles. The Balaban J connectivity index is 0.000000735. The summed E-state index contributed by atoms with van der Waals surface area (Å²) >= 11 is 0. The number of alkyl halides is 6. The molecule has 15 heteroatoms. The average Bonchev–Trinajstić information content (AvgIpc) is 2.85. The quantitative estimate of drug-likeness (QED) is 0.133. The summed E-state index contributed by atoms with van der Waals surface area (Å²) in [5.74, 6) is -1.07. The zero-order valence-electron chi connectivity index (χ0n) is 21.1. The summed E-state index contributed by atoms with van der Waals surface area (Å²) in [5.41, 5.74) is 2.86. The molecule has 0 heterocycles. The molecule has 0 aliphatic carbocycles. The van der Waals surface area contributed by atoms with Crippen molar-refractivity contribution >= 4 is 25.1 Å². The van der Waals surface area contributed by atoms with Crippen LogP contribution in [0.1, 0.15) is 45.2 Å². The van der Waals surface area contributed by atoms with Crippen LogP contribution in [0, 0.1) is 11.3 Å². The molecule has 0 N–H and O–H groups in total. The van der Waals surface area contributed by atoms with Crippen LogP contribution in [-0.2, 0) is 32.7 Å². The van der Waals surface area contributed by atoms with Gasteiger partial charge in [0.15, 0.2) is 13.2 Å². The normalized spacial score (nSPS) is 12.4. The van der Waals surface area contributed by atoms with Gasteiger partial charge in [0.25, 0.3) is 0 Å². The fourth-order valence-corrected chi connectivity index (χ4v) is 3.65. The van der Waals surface area contributed by atoms with Crippen molar-refractivity contribution in [3.63, 3.8) is 0 Å². The summed E-state index contributed by atoms with van der Waals surface area (Å²) in [5, 5.41) is 8.82. The molecule has 0 aliphatic heterocycles. The molecule has 0 spiro atoms. The Labute approximate surface area is 216 Å². The molecule has 0 saturated heterocycles. The first-order valence-corrected chi connectivity index (χ1v) is 12.7. The van der Waals surface area contributed by atoms with Crippen molar-refractivity contribution in [1.82, 2.24) is 0 Å². The van der Waals surface area contributed by atoms with E-state index in [-0.39, 0.29) is 12.4 Å². The molecule has 38 heavy (non-hydrogen) atoms. The monoisotopic (exact) mass is 575 g/mol. The van der Waals surface area contributed by atoms with Gasteiger partial charge in [0.1, 0.15) is 6.61 Å². The van der Waals surface area contributed by atoms with Crippen LogP contribution in [0.4, 0.5) is 26.3 Å². The Bertz CT molecular complexity index is 1030. The van der Waals surface area contributed by atoms with E-state index in [0.29, 0.717) is 17.7 Å². The zero-order valence-corrected chi connectivity index (χ0v) is 22.0. The van der Waals surface area contributed by atoms with Crippen LogP contribution in [-0.4, -0.2) is 56.9 Å². The van der Waals surface area contributed by atoms with Crippen LogP contribution in [0.25, 0.3) is 5.57 Å². The predicted octanol–water partition coefficient (Wildman–Crippen LogP) is 6.21. The summed E-state index contributed by atoms with van der Waals surface area (Å²) in [7, 11) is -4.70. The molecule has 0 unspecified atom stereocenters. The fraction of sp³-hybridized carbons (Fsp3) is 0.522. The molecule has 0 radical (unpaired) electrons. The molecule has 0 amide bonds. The molecule has 0 atom stereocenters. The number of rotatable bonds is 11. The van der Waals surface area contributed by atoms with Gasteiger partial charge in [-0.15, -0.1) is 0 Å². The Hall–Kier alpha value is -2.88. The van der Waals surface area contributed by atoms with Gasteiger partial charge in [0, 0.05) is 12.0 Å². The van der Waals surface area contributed by atoms with E-state index < -0.39 is 51.9 Å². The van der Waals surface area contributed by atoms with Crippen molar-refractivity contribution in [1.29, 1.82) is 5.26 Å². The summed E-state index contributed by atoms with van der Waals surface area (Å²) in [6, 6.07) is 9.25. The number of ether oxygens (including phenoxy) is 2. The largest absolute Gasteiger partial charge is 0.465 e. The van der Waals surface area contributed by atoms with Gasteiger partial charge in [-0.1, -0.05) is 19.1 Å². The smallest absolute Gasteiger partial charge is 0.412 e. The second-order valence-corrected chi connectivity index (χ2v) is 9.53. The van der Waals surface area contributed by atoms with Crippen molar-refractivity contribution in [3.05, 3.63) is 41.0 Å². The first kappa shape index (κ1) is 35.1. The highest BCUT2D eigenvalue weighted by molar-refractivity contribution is 7.53. The van der Waals surface area contributed by atoms with E-state index in [4.69, 9.17) is 10.00 Å². The Morgan fingerprint density at radius 1 is 0.974 bits per heavy atom. The van der Waals surface area contributed by atoms with Gasteiger partial charge in [0.2, 0.25) is 0 Å². The maximum Gasteiger partial charge on any atom is 0.412 e. The van der Waals surface area contributed by atoms with Crippen LogP contribution in [0.15, 0.2) is 29.8 Å². The Morgan fingerprint density at radius 3 is 1.97 bits per heavy atom. The van der Waals surface area contributed by atoms with E-state index in [9.17, 15) is 40.5 Å². The molecule has 1 aromatic rings. The van der Waals surface area contributed by atoms with Gasteiger partial charge in [-0.25, -0.2) is 4.79 Å². The van der Waals surface area contributed by atoms with E-state index in [0.717, 1.165) is 11.1 Å². The summed E-state index contributed by atoms with van der Waals surface area (Å²) in [4.78, 5) is 22.3. The minimum atomic E-state index is -4.89. The summed E-state index contributed by atoms with van der Waals surface area (Å²) in [6.07, 6.45) is -10.8. The second-order valence-electron chi connectivity index (χ2n) is 7.35. The molecule has 1 rings (SSSR count). The van der Waals surface area contributed by atoms with Gasteiger partial charge in [-0.3, -0.25) is 18.4 Å². The molecular formula is C23H28F6NO7P. The van der Waals surface area contributed by atoms with Crippen molar-refractivity contribution in [2.45, 2.75) is 46.5 Å². The van der Waals surface area contributed by atoms with E-state index in [1.165, 1.54) is 6.92 Å².